The first-order chi connectivity index (χ1) is 16.7. The van der Waals surface area contributed by atoms with Crippen molar-refractivity contribution in [1.82, 2.24) is 15.0 Å². The molecular weight excluding hydrogens is 455 g/mol. The van der Waals surface area contributed by atoms with Crippen LogP contribution in [-0.4, -0.2) is 34.6 Å². The number of nitrogens with zero attached hydrogens (tertiary/aromatic N) is 2. The zero-order valence-corrected chi connectivity index (χ0v) is 19.6. The van der Waals surface area contributed by atoms with E-state index in [0.29, 0.717) is 23.5 Å². The van der Waals surface area contributed by atoms with E-state index < -0.39 is 11.7 Å². The highest BCUT2D eigenvalue weighted by molar-refractivity contribution is 6.06. The van der Waals surface area contributed by atoms with Gasteiger partial charge in [0, 0.05) is 37.1 Å². The average Bonchev–Trinajstić information content (AvgIpc) is 3.36. The van der Waals surface area contributed by atoms with Crippen LogP contribution in [0.5, 0.6) is 0 Å². The summed E-state index contributed by atoms with van der Waals surface area (Å²) in [6.07, 6.45) is -1.36. The van der Waals surface area contributed by atoms with Crippen molar-refractivity contribution in [2.45, 2.75) is 51.0 Å². The molecule has 0 radical (unpaired) electrons. The van der Waals surface area contributed by atoms with Crippen LogP contribution >= 0.6 is 0 Å². The van der Waals surface area contributed by atoms with Gasteiger partial charge in [-0.1, -0.05) is 30.3 Å². The maximum atomic E-state index is 13.6. The van der Waals surface area contributed by atoms with Crippen LogP contribution < -0.4 is 16.1 Å². The molecule has 1 aliphatic carbocycles. The van der Waals surface area contributed by atoms with Gasteiger partial charge >= 0.3 is 6.18 Å². The zero-order chi connectivity index (χ0) is 24.7. The number of para-hydroxylation sites is 1. The van der Waals surface area contributed by atoms with Gasteiger partial charge in [-0.2, -0.15) is 13.2 Å². The van der Waals surface area contributed by atoms with Crippen LogP contribution in [0.3, 0.4) is 0 Å². The van der Waals surface area contributed by atoms with Gasteiger partial charge in [0.2, 0.25) is 0 Å². The van der Waals surface area contributed by atoms with Crippen LogP contribution in [0.1, 0.15) is 46.4 Å². The van der Waals surface area contributed by atoms with Gasteiger partial charge in [-0.05, 0) is 56.0 Å². The number of hydrogen-bond donors (Lipinski definition) is 3. The molecule has 0 bridgehead atoms. The molecule has 1 fully saturated rings. The molecule has 2 heterocycles. The lowest BCUT2D eigenvalue weighted by atomic mass is 10.1. The van der Waals surface area contributed by atoms with Gasteiger partial charge < -0.3 is 15.2 Å². The van der Waals surface area contributed by atoms with E-state index in [1.165, 1.54) is 12.1 Å². The number of halogens is 3. The summed E-state index contributed by atoms with van der Waals surface area (Å²) in [5.74, 6) is 0.428. The van der Waals surface area contributed by atoms with Crippen molar-refractivity contribution in [2.24, 2.45) is 0 Å². The number of amides is 1. The minimum absolute atomic E-state index is 0.153. The second kappa shape index (κ2) is 8.96. The van der Waals surface area contributed by atoms with E-state index in [2.05, 4.69) is 16.1 Å². The van der Waals surface area contributed by atoms with Crippen LogP contribution in [0.2, 0.25) is 0 Å². The fourth-order valence-electron chi connectivity index (χ4n) is 5.04. The number of carbonyl (C=O) groups is 1. The summed E-state index contributed by atoms with van der Waals surface area (Å²) < 4.78 is 41.2. The molecule has 9 heteroatoms. The quantitative estimate of drug-likeness (QED) is 0.457. The number of alkyl halides is 3. The summed E-state index contributed by atoms with van der Waals surface area (Å²) in [5, 5.41) is 8.58. The van der Waals surface area contributed by atoms with Crippen LogP contribution in [-0.2, 0) is 12.7 Å². The van der Waals surface area contributed by atoms with E-state index in [4.69, 9.17) is 0 Å². The molecule has 1 aliphatic heterocycles. The largest absolute Gasteiger partial charge is 0.416 e. The number of benzene rings is 2. The highest BCUT2D eigenvalue weighted by Crippen LogP contribution is 2.39. The number of anilines is 3. The topological polar surface area (TPSA) is 61.3 Å². The summed E-state index contributed by atoms with van der Waals surface area (Å²) in [4.78, 5) is 13.6. The lowest BCUT2D eigenvalue weighted by molar-refractivity contribution is -0.137. The Bertz CT molecular complexity index is 1220. The number of carbonyl (C=O) groups excluding carboxylic acids is 1. The van der Waals surface area contributed by atoms with Crippen molar-refractivity contribution < 1.29 is 18.0 Å². The van der Waals surface area contributed by atoms with E-state index in [1.807, 2.05) is 41.8 Å². The van der Waals surface area contributed by atoms with Crippen molar-refractivity contribution in [1.29, 1.82) is 0 Å². The Hall–Kier alpha value is -3.46. The first-order valence-electron chi connectivity index (χ1n) is 11.7. The van der Waals surface area contributed by atoms with Crippen LogP contribution in [0, 0.1) is 6.92 Å². The molecule has 1 aromatic heterocycles. The summed E-state index contributed by atoms with van der Waals surface area (Å²) in [6, 6.07) is 15.0. The molecule has 5 rings (SSSR count). The third-order valence-corrected chi connectivity index (χ3v) is 6.91. The van der Waals surface area contributed by atoms with Gasteiger partial charge in [0.25, 0.3) is 5.91 Å². The Morgan fingerprint density at radius 3 is 2.40 bits per heavy atom. The number of hydrazine groups is 1. The van der Waals surface area contributed by atoms with E-state index >= 15 is 0 Å². The minimum atomic E-state index is -4.39. The number of hydrogen-bond acceptors (Lipinski definition) is 4. The maximum absolute atomic E-state index is 13.6. The van der Waals surface area contributed by atoms with Crippen molar-refractivity contribution in [3.8, 4) is 0 Å². The second-order valence-corrected chi connectivity index (χ2v) is 9.24. The minimum Gasteiger partial charge on any atom is -0.379 e. The average molecular weight is 484 g/mol. The normalized spacial score (nSPS) is 20.0. The van der Waals surface area contributed by atoms with E-state index in [9.17, 15) is 18.0 Å². The number of nitrogens with one attached hydrogen (secondary N) is 3. The maximum Gasteiger partial charge on any atom is 0.416 e. The van der Waals surface area contributed by atoms with Crippen molar-refractivity contribution in [2.75, 3.05) is 17.7 Å². The molecule has 35 heavy (non-hydrogen) atoms. The standard InChI is InChI=1S/C26H28F3N5O/c1-16-23-22(25(35)33(2)32-21-10-6-9-20(21)31-23)24(30-19-7-4-3-5-8-19)34(16)15-17-11-13-18(14-12-17)26(27,28)29/h3-5,7-8,11-14,20-21,30-32H,6,9-10,15H2,1-2H3. The summed E-state index contributed by atoms with van der Waals surface area (Å²) in [7, 11) is 1.74. The van der Waals surface area contributed by atoms with Crippen molar-refractivity contribution >= 4 is 23.1 Å². The number of rotatable bonds is 4. The van der Waals surface area contributed by atoms with Gasteiger partial charge in [0.1, 0.15) is 11.4 Å². The molecule has 2 aliphatic rings. The highest BCUT2D eigenvalue weighted by atomic mass is 19.4. The highest BCUT2D eigenvalue weighted by Gasteiger charge is 2.37. The molecule has 3 aromatic rings. The Morgan fingerprint density at radius 1 is 1.03 bits per heavy atom. The molecule has 2 aromatic carbocycles. The van der Waals surface area contributed by atoms with E-state index in [-0.39, 0.29) is 18.0 Å². The van der Waals surface area contributed by atoms with Crippen molar-refractivity contribution in [3.05, 3.63) is 77.0 Å². The van der Waals surface area contributed by atoms with Crippen LogP contribution in [0.25, 0.3) is 0 Å². The van der Waals surface area contributed by atoms with Gasteiger partial charge in [0.05, 0.1) is 11.3 Å². The summed E-state index contributed by atoms with van der Waals surface area (Å²) in [6.45, 7) is 2.25. The van der Waals surface area contributed by atoms with Crippen LogP contribution in [0.15, 0.2) is 54.6 Å². The third kappa shape index (κ3) is 4.48. The fourth-order valence-corrected chi connectivity index (χ4v) is 5.04. The first-order valence-corrected chi connectivity index (χ1v) is 11.7. The zero-order valence-electron chi connectivity index (χ0n) is 19.6. The van der Waals surface area contributed by atoms with E-state index in [1.54, 1.807) is 12.1 Å². The molecule has 6 nitrogen and oxygen atoms in total. The summed E-state index contributed by atoms with van der Waals surface area (Å²) >= 11 is 0. The lowest BCUT2D eigenvalue weighted by Gasteiger charge is -2.31. The Balaban J connectivity index is 1.61. The molecule has 0 saturated heterocycles. The molecule has 184 valence electrons. The predicted octanol–water partition coefficient (Wildman–Crippen LogP) is 5.53. The second-order valence-electron chi connectivity index (χ2n) is 9.24. The van der Waals surface area contributed by atoms with Crippen LogP contribution in [0.4, 0.5) is 30.4 Å². The Morgan fingerprint density at radius 2 is 1.71 bits per heavy atom. The van der Waals surface area contributed by atoms with Gasteiger partial charge in [0.15, 0.2) is 0 Å². The molecule has 2 atom stereocenters. The van der Waals surface area contributed by atoms with Crippen molar-refractivity contribution in [3.63, 3.8) is 0 Å². The number of fused-ring (bicyclic) bond motifs is 2. The molecule has 1 amide bonds. The first kappa shape index (κ1) is 23.3. The molecular formula is C26H28F3N5O. The molecule has 2 unspecified atom stereocenters. The van der Waals surface area contributed by atoms with Gasteiger partial charge in [-0.3, -0.25) is 9.80 Å². The van der Waals surface area contributed by atoms with Gasteiger partial charge in [-0.25, -0.2) is 5.43 Å². The fraction of sp³-hybridized carbons (Fsp3) is 0.346. The predicted molar refractivity (Wildman–Crippen MR) is 130 cm³/mol. The monoisotopic (exact) mass is 483 g/mol. The third-order valence-electron chi connectivity index (χ3n) is 6.91. The smallest absolute Gasteiger partial charge is 0.379 e. The molecule has 3 N–H and O–H groups in total. The van der Waals surface area contributed by atoms with Gasteiger partial charge in [-0.15, -0.1) is 0 Å². The number of aromatic nitrogens is 1. The van der Waals surface area contributed by atoms with E-state index in [0.717, 1.165) is 48.5 Å². The lowest BCUT2D eigenvalue weighted by Crippen LogP contribution is -2.52. The molecule has 0 spiro atoms. The molecule has 1 saturated carbocycles. The summed E-state index contributed by atoms with van der Waals surface area (Å²) in [5.41, 5.74) is 6.31. The Labute approximate surface area is 202 Å². The SMILES string of the molecule is Cc1c2c(c(Nc3ccccc3)n1Cc1ccc(C(F)(F)F)cc1)C(=O)N(C)NC1CCCC1N2. The Kier molecular flexibility index (Phi) is 5.96.